The summed E-state index contributed by atoms with van der Waals surface area (Å²) in [6.45, 7) is 7.80. The molecule has 1 nitrogen and oxygen atoms in total. The summed E-state index contributed by atoms with van der Waals surface area (Å²) in [6.07, 6.45) is 0. The van der Waals surface area contributed by atoms with Crippen molar-refractivity contribution in [3.8, 4) is 0 Å². The highest BCUT2D eigenvalue weighted by Crippen LogP contribution is 2.13. The molecule has 0 aliphatic carbocycles. The summed E-state index contributed by atoms with van der Waals surface area (Å²) >= 11 is 0. The number of benzene rings is 1. The van der Waals surface area contributed by atoms with Gasteiger partial charge in [-0.3, -0.25) is 0 Å². The van der Waals surface area contributed by atoms with Crippen LogP contribution in [-0.2, 0) is 11.3 Å². The van der Waals surface area contributed by atoms with Gasteiger partial charge in [0.15, 0.2) is 0 Å². The van der Waals surface area contributed by atoms with Gasteiger partial charge >= 0.3 is 0 Å². The predicted octanol–water partition coefficient (Wildman–Crippen LogP) is 2.84. The minimum Gasteiger partial charge on any atom is -0.377 e. The standard InChI is InChI=1S/C11H16O/c1-4-12-8-11-9(2)6-5-7-10(11)3/h5-7H,4,8H2,1-3H3. The highest BCUT2D eigenvalue weighted by molar-refractivity contribution is 5.32. The van der Waals surface area contributed by atoms with E-state index >= 15 is 0 Å². The van der Waals surface area contributed by atoms with E-state index in [4.69, 9.17) is 4.74 Å². The molecule has 0 saturated carbocycles. The summed E-state index contributed by atoms with van der Waals surface area (Å²) < 4.78 is 5.38. The lowest BCUT2D eigenvalue weighted by Crippen LogP contribution is -1.97. The average molecular weight is 164 g/mol. The smallest absolute Gasteiger partial charge is 0.0721 e. The van der Waals surface area contributed by atoms with Crippen molar-refractivity contribution in [2.24, 2.45) is 0 Å². The van der Waals surface area contributed by atoms with E-state index in [9.17, 15) is 0 Å². The molecule has 0 radical (unpaired) electrons. The number of aryl methyl sites for hydroxylation is 2. The van der Waals surface area contributed by atoms with Crippen LogP contribution in [0.1, 0.15) is 23.6 Å². The molecule has 0 aromatic heterocycles. The quantitative estimate of drug-likeness (QED) is 0.667. The van der Waals surface area contributed by atoms with Gasteiger partial charge in [0, 0.05) is 6.61 Å². The van der Waals surface area contributed by atoms with Crippen molar-refractivity contribution < 1.29 is 4.74 Å². The van der Waals surface area contributed by atoms with E-state index in [0.717, 1.165) is 13.2 Å². The monoisotopic (exact) mass is 164 g/mol. The maximum atomic E-state index is 5.38. The molecule has 0 amide bonds. The Morgan fingerprint density at radius 2 is 1.75 bits per heavy atom. The summed E-state index contributed by atoms with van der Waals surface area (Å²) in [5.74, 6) is 0. The summed E-state index contributed by atoms with van der Waals surface area (Å²) in [6, 6.07) is 6.34. The van der Waals surface area contributed by atoms with Crippen molar-refractivity contribution in [3.05, 3.63) is 34.9 Å². The molecular weight excluding hydrogens is 148 g/mol. The fraction of sp³-hybridized carbons (Fsp3) is 0.455. The third-order valence-electron chi connectivity index (χ3n) is 2.09. The van der Waals surface area contributed by atoms with Crippen molar-refractivity contribution in [1.82, 2.24) is 0 Å². The minimum absolute atomic E-state index is 0.745. The summed E-state index contributed by atoms with van der Waals surface area (Å²) in [4.78, 5) is 0. The van der Waals surface area contributed by atoms with Gasteiger partial charge in [-0.05, 0) is 37.5 Å². The molecule has 0 bridgehead atoms. The lowest BCUT2D eigenvalue weighted by atomic mass is 10.0. The van der Waals surface area contributed by atoms with Gasteiger partial charge in [0.2, 0.25) is 0 Å². The van der Waals surface area contributed by atoms with Crippen LogP contribution >= 0.6 is 0 Å². The third kappa shape index (κ3) is 2.08. The van der Waals surface area contributed by atoms with E-state index < -0.39 is 0 Å². The number of ether oxygens (including phenoxy) is 1. The molecule has 0 aliphatic rings. The maximum absolute atomic E-state index is 5.38. The Bertz CT molecular complexity index is 233. The van der Waals surface area contributed by atoms with E-state index in [1.54, 1.807) is 0 Å². The van der Waals surface area contributed by atoms with Crippen molar-refractivity contribution in [2.75, 3.05) is 6.61 Å². The molecule has 12 heavy (non-hydrogen) atoms. The van der Waals surface area contributed by atoms with Crippen LogP contribution < -0.4 is 0 Å². The van der Waals surface area contributed by atoms with Crippen molar-refractivity contribution in [1.29, 1.82) is 0 Å². The first-order chi connectivity index (χ1) is 5.75. The van der Waals surface area contributed by atoms with Crippen LogP contribution in [0.2, 0.25) is 0 Å². The van der Waals surface area contributed by atoms with Gasteiger partial charge in [0.05, 0.1) is 6.61 Å². The Morgan fingerprint density at radius 1 is 1.17 bits per heavy atom. The normalized spacial score (nSPS) is 10.2. The highest BCUT2D eigenvalue weighted by atomic mass is 16.5. The topological polar surface area (TPSA) is 9.23 Å². The number of rotatable bonds is 3. The van der Waals surface area contributed by atoms with Gasteiger partial charge in [-0.2, -0.15) is 0 Å². The number of hydrogen-bond donors (Lipinski definition) is 0. The lowest BCUT2D eigenvalue weighted by Gasteiger charge is -2.08. The zero-order chi connectivity index (χ0) is 8.97. The SMILES string of the molecule is CCOCc1c(C)cccc1C. The molecule has 1 aromatic rings. The summed E-state index contributed by atoms with van der Waals surface area (Å²) in [7, 11) is 0. The van der Waals surface area contributed by atoms with Crippen LogP contribution in [0.5, 0.6) is 0 Å². The van der Waals surface area contributed by atoms with Gasteiger partial charge in [-0.15, -0.1) is 0 Å². The van der Waals surface area contributed by atoms with Crippen LogP contribution in [0.3, 0.4) is 0 Å². The van der Waals surface area contributed by atoms with Crippen molar-refractivity contribution >= 4 is 0 Å². The summed E-state index contributed by atoms with van der Waals surface area (Å²) in [5.41, 5.74) is 3.98. The second kappa shape index (κ2) is 4.27. The first kappa shape index (κ1) is 9.27. The molecule has 66 valence electrons. The Balaban J connectivity index is 2.81. The maximum Gasteiger partial charge on any atom is 0.0721 e. The van der Waals surface area contributed by atoms with E-state index in [2.05, 4.69) is 32.0 Å². The zero-order valence-corrected chi connectivity index (χ0v) is 8.05. The van der Waals surface area contributed by atoms with E-state index in [1.807, 2.05) is 6.92 Å². The molecule has 0 atom stereocenters. The van der Waals surface area contributed by atoms with Crippen molar-refractivity contribution in [2.45, 2.75) is 27.4 Å². The Labute approximate surface area is 74.4 Å². The Hall–Kier alpha value is -0.820. The molecule has 0 unspecified atom stereocenters. The summed E-state index contributed by atoms with van der Waals surface area (Å²) in [5, 5.41) is 0. The van der Waals surface area contributed by atoms with Crippen LogP contribution in [0.4, 0.5) is 0 Å². The van der Waals surface area contributed by atoms with Gasteiger partial charge in [-0.1, -0.05) is 18.2 Å². The van der Waals surface area contributed by atoms with Crippen molar-refractivity contribution in [3.63, 3.8) is 0 Å². The van der Waals surface area contributed by atoms with Crippen LogP contribution in [0.15, 0.2) is 18.2 Å². The molecule has 0 spiro atoms. The molecule has 0 N–H and O–H groups in total. The molecule has 0 aliphatic heterocycles. The van der Waals surface area contributed by atoms with Gasteiger partial charge in [-0.25, -0.2) is 0 Å². The van der Waals surface area contributed by atoms with E-state index in [1.165, 1.54) is 16.7 Å². The lowest BCUT2D eigenvalue weighted by molar-refractivity contribution is 0.133. The number of hydrogen-bond acceptors (Lipinski definition) is 1. The molecular formula is C11H16O. The van der Waals surface area contributed by atoms with Crippen LogP contribution in [0, 0.1) is 13.8 Å². The molecule has 1 heteroatoms. The fourth-order valence-electron chi connectivity index (χ4n) is 1.28. The predicted molar refractivity (Wildman–Crippen MR) is 51.2 cm³/mol. The van der Waals surface area contributed by atoms with Crippen LogP contribution in [0.25, 0.3) is 0 Å². The first-order valence-corrected chi connectivity index (χ1v) is 4.38. The van der Waals surface area contributed by atoms with Crippen LogP contribution in [-0.4, -0.2) is 6.61 Å². The molecule has 0 heterocycles. The molecule has 0 saturated heterocycles. The van der Waals surface area contributed by atoms with Gasteiger partial charge in [0.1, 0.15) is 0 Å². The van der Waals surface area contributed by atoms with E-state index in [0.29, 0.717) is 0 Å². The zero-order valence-electron chi connectivity index (χ0n) is 8.05. The van der Waals surface area contributed by atoms with Gasteiger partial charge in [0.25, 0.3) is 0 Å². The molecule has 1 rings (SSSR count). The average Bonchev–Trinajstić information content (AvgIpc) is 2.04. The third-order valence-corrected chi connectivity index (χ3v) is 2.09. The Kier molecular flexibility index (Phi) is 3.30. The highest BCUT2D eigenvalue weighted by Gasteiger charge is 2.00. The molecule has 1 aromatic carbocycles. The second-order valence-electron chi connectivity index (χ2n) is 3.01. The largest absolute Gasteiger partial charge is 0.377 e. The Morgan fingerprint density at radius 3 is 2.25 bits per heavy atom. The molecule has 0 fully saturated rings. The van der Waals surface area contributed by atoms with E-state index in [-0.39, 0.29) is 0 Å². The first-order valence-electron chi connectivity index (χ1n) is 4.38. The minimum atomic E-state index is 0.745. The van der Waals surface area contributed by atoms with Gasteiger partial charge < -0.3 is 4.74 Å². The second-order valence-corrected chi connectivity index (χ2v) is 3.01. The fourth-order valence-corrected chi connectivity index (χ4v) is 1.28.